The summed E-state index contributed by atoms with van der Waals surface area (Å²) in [5.74, 6) is 5.32. The Kier molecular flexibility index (Phi) is 5.61. The molecule has 0 aliphatic carbocycles. The Labute approximate surface area is 109 Å². The molecule has 0 spiro atoms. The van der Waals surface area contributed by atoms with Crippen LogP contribution in [0.4, 0.5) is 5.69 Å². The van der Waals surface area contributed by atoms with Crippen LogP contribution in [0.25, 0.3) is 0 Å². The van der Waals surface area contributed by atoms with Gasteiger partial charge in [-0.2, -0.15) is 0 Å². The zero-order chi connectivity index (χ0) is 13.5. The van der Waals surface area contributed by atoms with Gasteiger partial charge in [0.15, 0.2) is 0 Å². The molecule has 3 N–H and O–H groups in total. The summed E-state index contributed by atoms with van der Waals surface area (Å²) in [5, 5.41) is 0. The van der Waals surface area contributed by atoms with Gasteiger partial charge in [-0.3, -0.25) is 10.6 Å². The molecular formula is C13H22N4O. The summed E-state index contributed by atoms with van der Waals surface area (Å²) in [7, 11) is 5.88. The zero-order valence-electron chi connectivity index (χ0n) is 11.3. The molecule has 0 bridgehead atoms. The topological polar surface area (TPSA) is 61.6 Å². The van der Waals surface area contributed by atoms with Crippen LogP contribution >= 0.6 is 0 Å². The Balaban J connectivity index is 2.51. The fraction of sp³-hybridized carbons (Fsp3) is 0.462. The Bertz CT molecular complexity index is 375. The van der Waals surface area contributed by atoms with Crippen LogP contribution in [0.2, 0.25) is 0 Å². The van der Waals surface area contributed by atoms with E-state index in [-0.39, 0.29) is 5.91 Å². The SMILES string of the molecule is CN(C)CCCN(C)C(=O)c1ccc(NN)cc1. The molecule has 0 saturated carbocycles. The van der Waals surface area contributed by atoms with Crippen molar-refractivity contribution in [1.82, 2.24) is 9.80 Å². The predicted molar refractivity (Wildman–Crippen MR) is 74.4 cm³/mol. The number of carbonyl (C=O) groups is 1. The minimum atomic E-state index is 0.0392. The van der Waals surface area contributed by atoms with E-state index in [2.05, 4.69) is 10.3 Å². The molecule has 0 saturated heterocycles. The standard InChI is InChI=1S/C13H22N4O/c1-16(2)9-4-10-17(3)13(18)11-5-7-12(15-14)8-6-11/h5-8,15H,4,9-10,14H2,1-3H3. The van der Waals surface area contributed by atoms with E-state index in [4.69, 9.17) is 5.84 Å². The first-order valence-corrected chi connectivity index (χ1v) is 6.01. The van der Waals surface area contributed by atoms with Crippen molar-refractivity contribution in [2.75, 3.05) is 39.7 Å². The van der Waals surface area contributed by atoms with Crippen LogP contribution in [-0.2, 0) is 0 Å². The minimum absolute atomic E-state index is 0.0392. The van der Waals surface area contributed by atoms with Crippen LogP contribution in [0.15, 0.2) is 24.3 Å². The summed E-state index contributed by atoms with van der Waals surface area (Å²) in [6.07, 6.45) is 0.970. The van der Waals surface area contributed by atoms with Gasteiger partial charge in [0.1, 0.15) is 0 Å². The summed E-state index contributed by atoms with van der Waals surface area (Å²) >= 11 is 0. The fourth-order valence-electron chi connectivity index (χ4n) is 1.66. The van der Waals surface area contributed by atoms with Gasteiger partial charge in [-0.15, -0.1) is 0 Å². The van der Waals surface area contributed by atoms with Crippen molar-refractivity contribution in [2.45, 2.75) is 6.42 Å². The quantitative estimate of drug-likeness (QED) is 0.584. The number of hydrazine groups is 1. The van der Waals surface area contributed by atoms with Crippen molar-refractivity contribution in [3.05, 3.63) is 29.8 Å². The highest BCUT2D eigenvalue weighted by molar-refractivity contribution is 5.94. The number of nitrogens with one attached hydrogen (secondary N) is 1. The lowest BCUT2D eigenvalue weighted by Gasteiger charge is -2.18. The van der Waals surface area contributed by atoms with Gasteiger partial charge in [-0.05, 0) is 51.3 Å². The van der Waals surface area contributed by atoms with E-state index in [1.165, 1.54) is 0 Å². The van der Waals surface area contributed by atoms with Gasteiger partial charge in [0.2, 0.25) is 0 Å². The van der Waals surface area contributed by atoms with E-state index >= 15 is 0 Å². The lowest BCUT2D eigenvalue weighted by Crippen LogP contribution is -2.29. The summed E-state index contributed by atoms with van der Waals surface area (Å²) in [5.41, 5.74) is 4.01. The molecule has 0 aromatic heterocycles. The molecule has 0 fully saturated rings. The smallest absolute Gasteiger partial charge is 0.253 e. The fourth-order valence-corrected chi connectivity index (χ4v) is 1.66. The van der Waals surface area contributed by atoms with Crippen molar-refractivity contribution in [2.24, 2.45) is 5.84 Å². The van der Waals surface area contributed by atoms with E-state index < -0.39 is 0 Å². The lowest BCUT2D eigenvalue weighted by molar-refractivity contribution is 0.0790. The number of benzene rings is 1. The Morgan fingerprint density at radius 1 is 1.17 bits per heavy atom. The maximum Gasteiger partial charge on any atom is 0.253 e. The molecule has 100 valence electrons. The first-order chi connectivity index (χ1) is 8.54. The average molecular weight is 250 g/mol. The van der Waals surface area contributed by atoms with Gasteiger partial charge >= 0.3 is 0 Å². The number of hydrogen-bond donors (Lipinski definition) is 2. The highest BCUT2D eigenvalue weighted by atomic mass is 16.2. The van der Waals surface area contributed by atoms with Crippen molar-refractivity contribution < 1.29 is 4.79 Å². The number of nitrogens with two attached hydrogens (primary N) is 1. The van der Waals surface area contributed by atoms with Gasteiger partial charge in [0.05, 0.1) is 0 Å². The molecule has 0 radical (unpaired) electrons. The Morgan fingerprint density at radius 3 is 2.28 bits per heavy atom. The van der Waals surface area contributed by atoms with E-state index in [0.29, 0.717) is 5.56 Å². The monoisotopic (exact) mass is 250 g/mol. The molecule has 5 heteroatoms. The van der Waals surface area contributed by atoms with Gasteiger partial charge < -0.3 is 15.2 Å². The second kappa shape index (κ2) is 6.98. The summed E-state index contributed by atoms with van der Waals surface area (Å²) in [4.78, 5) is 15.9. The van der Waals surface area contributed by atoms with Gasteiger partial charge in [-0.1, -0.05) is 0 Å². The second-order valence-electron chi connectivity index (χ2n) is 4.61. The molecule has 0 heterocycles. The molecule has 18 heavy (non-hydrogen) atoms. The summed E-state index contributed by atoms with van der Waals surface area (Å²) in [6.45, 7) is 1.74. The normalized spacial score (nSPS) is 10.5. The molecular weight excluding hydrogens is 228 g/mol. The van der Waals surface area contributed by atoms with E-state index in [1.54, 1.807) is 29.2 Å². The number of rotatable bonds is 6. The van der Waals surface area contributed by atoms with Crippen LogP contribution < -0.4 is 11.3 Å². The van der Waals surface area contributed by atoms with Crippen molar-refractivity contribution >= 4 is 11.6 Å². The maximum atomic E-state index is 12.1. The molecule has 5 nitrogen and oxygen atoms in total. The lowest BCUT2D eigenvalue weighted by atomic mass is 10.2. The second-order valence-corrected chi connectivity index (χ2v) is 4.61. The van der Waals surface area contributed by atoms with E-state index in [0.717, 1.165) is 25.2 Å². The average Bonchev–Trinajstić information content (AvgIpc) is 2.37. The highest BCUT2D eigenvalue weighted by Gasteiger charge is 2.10. The number of anilines is 1. The highest BCUT2D eigenvalue weighted by Crippen LogP contribution is 2.10. The van der Waals surface area contributed by atoms with Crippen LogP contribution in [-0.4, -0.2) is 49.9 Å². The van der Waals surface area contributed by atoms with E-state index in [1.807, 2.05) is 21.1 Å². The molecule has 1 aromatic rings. The molecule has 1 rings (SSSR count). The van der Waals surface area contributed by atoms with Crippen LogP contribution in [0, 0.1) is 0 Å². The van der Waals surface area contributed by atoms with Crippen LogP contribution in [0.5, 0.6) is 0 Å². The zero-order valence-corrected chi connectivity index (χ0v) is 11.3. The van der Waals surface area contributed by atoms with Crippen LogP contribution in [0.1, 0.15) is 16.8 Å². The number of carbonyl (C=O) groups excluding carboxylic acids is 1. The third-order valence-electron chi connectivity index (χ3n) is 2.74. The van der Waals surface area contributed by atoms with Gasteiger partial charge in [0.25, 0.3) is 5.91 Å². The molecule has 1 amide bonds. The molecule has 0 unspecified atom stereocenters. The molecule has 0 aliphatic heterocycles. The minimum Gasteiger partial charge on any atom is -0.342 e. The van der Waals surface area contributed by atoms with Gasteiger partial charge in [0, 0.05) is 24.8 Å². The first-order valence-electron chi connectivity index (χ1n) is 6.01. The maximum absolute atomic E-state index is 12.1. The van der Waals surface area contributed by atoms with Crippen LogP contribution in [0.3, 0.4) is 0 Å². The number of nitrogen functional groups attached to an aromatic ring is 1. The van der Waals surface area contributed by atoms with Crippen molar-refractivity contribution in [3.63, 3.8) is 0 Å². The van der Waals surface area contributed by atoms with Crippen molar-refractivity contribution in [3.8, 4) is 0 Å². The molecule has 0 aliphatic rings. The Morgan fingerprint density at radius 2 is 1.78 bits per heavy atom. The summed E-state index contributed by atoms with van der Waals surface area (Å²) < 4.78 is 0. The van der Waals surface area contributed by atoms with Crippen molar-refractivity contribution in [1.29, 1.82) is 0 Å². The third-order valence-corrected chi connectivity index (χ3v) is 2.74. The number of nitrogens with zero attached hydrogens (tertiary/aromatic N) is 2. The number of hydrogen-bond acceptors (Lipinski definition) is 4. The third kappa shape index (κ3) is 4.35. The van der Waals surface area contributed by atoms with E-state index in [9.17, 15) is 4.79 Å². The Hall–Kier alpha value is -1.59. The largest absolute Gasteiger partial charge is 0.342 e. The molecule has 0 atom stereocenters. The first kappa shape index (κ1) is 14.5. The van der Waals surface area contributed by atoms with Gasteiger partial charge in [-0.25, -0.2) is 0 Å². The predicted octanol–water partition coefficient (Wildman–Crippen LogP) is 0.996. The molecule has 1 aromatic carbocycles. The number of amides is 1. The summed E-state index contributed by atoms with van der Waals surface area (Å²) in [6, 6.07) is 7.14.